The lowest BCUT2D eigenvalue weighted by Gasteiger charge is -2.27. The zero-order valence-corrected chi connectivity index (χ0v) is 13.0. The molecule has 0 aromatic heterocycles. The van der Waals surface area contributed by atoms with Crippen LogP contribution in [0.4, 0.5) is 0 Å². The van der Waals surface area contributed by atoms with E-state index in [1.165, 1.54) is 11.0 Å². The summed E-state index contributed by atoms with van der Waals surface area (Å²) in [5.74, 6) is -0.344. The second kappa shape index (κ2) is 7.00. The molecule has 0 saturated carbocycles. The zero-order chi connectivity index (χ0) is 16.1. The summed E-state index contributed by atoms with van der Waals surface area (Å²) in [5, 5.41) is 2.60. The maximum Gasteiger partial charge on any atom is 0.265 e. The maximum atomic E-state index is 12.4. The van der Waals surface area contributed by atoms with Gasteiger partial charge in [-0.25, -0.2) is 0 Å². The molecule has 1 aliphatic rings. The van der Waals surface area contributed by atoms with Gasteiger partial charge in [0.05, 0.1) is 6.61 Å². The van der Waals surface area contributed by atoms with E-state index in [0.29, 0.717) is 17.9 Å². The second-order valence-corrected chi connectivity index (χ2v) is 4.88. The lowest BCUT2D eigenvalue weighted by atomic mass is 10.1. The molecule has 6 heteroatoms. The van der Waals surface area contributed by atoms with Gasteiger partial charge in [0.1, 0.15) is 11.3 Å². The summed E-state index contributed by atoms with van der Waals surface area (Å²) >= 11 is 5.01. The normalized spacial score (nSPS) is 16.7. The molecule has 0 unspecified atom stereocenters. The third kappa shape index (κ3) is 3.23. The number of hydrogen-bond donors (Lipinski definition) is 1. The van der Waals surface area contributed by atoms with E-state index in [2.05, 4.69) is 11.9 Å². The minimum atomic E-state index is -0.512. The molecule has 0 bridgehead atoms. The Hall–Kier alpha value is -2.47. The van der Waals surface area contributed by atoms with Gasteiger partial charge < -0.3 is 4.74 Å². The third-order valence-electron chi connectivity index (χ3n) is 3.02. The minimum absolute atomic E-state index is 0.0163. The van der Waals surface area contributed by atoms with E-state index in [0.717, 1.165) is 0 Å². The van der Waals surface area contributed by atoms with Crippen molar-refractivity contribution in [2.24, 2.45) is 0 Å². The number of carbonyl (C=O) groups is 2. The molecule has 1 aromatic carbocycles. The fourth-order valence-electron chi connectivity index (χ4n) is 2.03. The summed E-state index contributed by atoms with van der Waals surface area (Å²) in [6.45, 7) is 6.18. The van der Waals surface area contributed by atoms with Crippen molar-refractivity contribution in [2.75, 3.05) is 13.2 Å². The summed E-state index contributed by atoms with van der Waals surface area (Å²) in [6, 6.07) is 7.21. The van der Waals surface area contributed by atoms with Crippen molar-refractivity contribution in [3.63, 3.8) is 0 Å². The number of nitrogens with zero attached hydrogens (tertiary/aromatic N) is 1. The predicted octanol–water partition coefficient (Wildman–Crippen LogP) is 1.90. The van der Waals surface area contributed by atoms with Gasteiger partial charge in [-0.1, -0.05) is 24.3 Å². The van der Waals surface area contributed by atoms with Crippen LogP contribution in [0, 0.1) is 0 Å². The first-order valence-electron chi connectivity index (χ1n) is 6.80. The molecule has 1 heterocycles. The monoisotopic (exact) mass is 316 g/mol. The van der Waals surface area contributed by atoms with E-state index in [-0.39, 0.29) is 17.2 Å². The molecule has 1 N–H and O–H groups in total. The molecule has 5 nitrogen and oxygen atoms in total. The van der Waals surface area contributed by atoms with Crippen LogP contribution in [-0.2, 0) is 9.59 Å². The summed E-state index contributed by atoms with van der Waals surface area (Å²) in [5.41, 5.74) is 0.678. The smallest absolute Gasteiger partial charge is 0.265 e. The van der Waals surface area contributed by atoms with Gasteiger partial charge in [-0.3, -0.25) is 19.8 Å². The quantitative estimate of drug-likeness (QED) is 0.390. The molecular weight excluding hydrogens is 300 g/mol. The van der Waals surface area contributed by atoms with Crippen LogP contribution >= 0.6 is 12.2 Å². The highest BCUT2D eigenvalue weighted by Gasteiger charge is 2.32. The SMILES string of the molecule is C=CCN1C(=O)/C(=C/c2ccccc2OCC)C(=O)NC1=S. The Morgan fingerprint density at radius 2 is 2.09 bits per heavy atom. The Balaban J connectivity index is 2.41. The molecule has 0 aliphatic carbocycles. The Kier molecular flexibility index (Phi) is 5.06. The van der Waals surface area contributed by atoms with Crippen molar-refractivity contribution in [3.05, 3.63) is 48.1 Å². The molecule has 1 aliphatic heterocycles. The largest absolute Gasteiger partial charge is 0.493 e. The fourth-order valence-corrected chi connectivity index (χ4v) is 2.28. The van der Waals surface area contributed by atoms with E-state index in [4.69, 9.17) is 17.0 Å². The van der Waals surface area contributed by atoms with Crippen LogP contribution in [0.25, 0.3) is 6.08 Å². The minimum Gasteiger partial charge on any atom is -0.493 e. The van der Waals surface area contributed by atoms with Crippen LogP contribution in [0.2, 0.25) is 0 Å². The highest BCUT2D eigenvalue weighted by molar-refractivity contribution is 7.80. The molecule has 0 atom stereocenters. The molecule has 0 spiro atoms. The van der Waals surface area contributed by atoms with Gasteiger partial charge in [0.2, 0.25) is 0 Å². The van der Waals surface area contributed by atoms with E-state index >= 15 is 0 Å². The van der Waals surface area contributed by atoms with Crippen molar-refractivity contribution in [3.8, 4) is 5.75 Å². The highest BCUT2D eigenvalue weighted by atomic mass is 32.1. The van der Waals surface area contributed by atoms with Gasteiger partial charge in [-0.2, -0.15) is 0 Å². The number of hydrogen-bond acceptors (Lipinski definition) is 4. The number of thiocarbonyl (C=S) groups is 1. The van der Waals surface area contributed by atoms with E-state index in [1.54, 1.807) is 18.2 Å². The number of para-hydroxylation sites is 1. The molecule has 114 valence electrons. The van der Waals surface area contributed by atoms with Crippen molar-refractivity contribution in [1.82, 2.24) is 10.2 Å². The van der Waals surface area contributed by atoms with E-state index in [1.807, 2.05) is 19.1 Å². The second-order valence-electron chi connectivity index (χ2n) is 4.49. The van der Waals surface area contributed by atoms with Gasteiger partial charge >= 0.3 is 0 Å². The van der Waals surface area contributed by atoms with Crippen LogP contribution in [-0.4, -0.2) is 35.0 Å². The summed E-state index contributed by atoms with van der Waals surface area (Å²) in [7, 11) is 0. The first kappa shape index (κ1) is 15.9. The van der Waals surface area contributed by atoms with Gasteiger partial charge in [-0.05, 0) is 31.3 Å². The van der Waals surface area contributed by atoms with Gasteiger partial charge in [0, 0.05) is 12.1 Å². The van der Waals surface area contributed by atoms with Crippen LogP contribution in [0.15, 0.2) is 42.5 Å². The summed E-state index contributed by atoms with van der Waals surface area (Å²) < 4.78 is 5.50. The molecule has 2 rings (SSSR count). The lowest BCUT2D eigenvalue weighted by molar-refractivity contribution is -0.128. The molecule has 1 saturated heterocycles. The van der Waals surface area contributed by atoms with E-state index < -0.39 is 11.8 Å². The highest BCUT2D eigenvalue weighted by Crippen LogP contribution is 2.22. The molecule has 2 amide bonds. The van der Waals surface area contributed by atoms with Gasteiger partial charge in [0.15, 0.2) is 5.11 Å². The van der Waals surface area contributed by atoms with Crippen LogP contribution in [0.1, 0.15) is 12.5 Å². The van der Waals surface area contributed by atoms with Crippen LogP contribution < -0.4 is 10.1 Å². The Bertz CT molecular complexity index is 667. The Morgan fingerprint density at radius 1 is 1.36 bits per heavy atom. The average Bonchev–Trinajstić information content (AvgIpc) is 2.49. The van der Waals surface area contributed by atoms with Gasteiger partial charge in [-0.15, -0.1) is 6.58 Å². The summed E-state index contributed by atoms with van der Waals surface area (Å²) in [6.07, 6.45) is 3.06. The lowest BCUT2D eigenvalue weighted by Crippen LogP contribution is -2.53. The van der Waals surface area contributed by atoms with Crippen molar-refractivity contribution in [1.29, 1.82) is 0 Å². The predicted molar refractivity (Wildman–Crippen MR) is 88.2 cm³/mol. The number of nitrogens with one attached hydrogen (secondary N) is 1. The first-order chi connectivity index (χ1) is 10.6. The molecule has 22 heavy (non-hydrogen) atoms. The van der Waals surface area contributed by atoms with E-state index in [9.17, 15) is 9.59 Å². The van der Waals surface area contributed by atoms with Crippen molar-refractivity contribution in [2.45, 2.75) is 6.92 Å². The fraction of sp³-hybridized carbons (Fsp3) is 0.188. The number of amides is 2. The average molecular weight is 316 g/mol. The van der Waals surface area contributed by atoms with Crippen LogP contribution in [0.3, 0.4) is 0 Å². The number of ether oxygens (including phenoxy) is 1. The standard InChI is InChI=1S/C16H16N2O3S/c1-3-9-18-15(20)12(14(19)17-16(18)22)10-11-7-5-6-8-13(11)21-4-2/h3,5-8,10H,1,4,9H2,2H3,(H,17,19,22)/b12-10+. The first-order valence-corrected chi connectivity index (χ1v) is 7.21. The van der Waals surface area contributed by atoms with Gasteiger partial charge in [0.25, 0.3) is 11.8 Å². The Labute approximate surface area is 134 Å². The zero-order valence-electron chi connectivity index (χ0n) is 12.2. The number of benzene rings is 1. The molecule has 1 aromatic rings. The number of carbonyl (C=O) groups excluding carboxylic acids is 2. The molecule has 1 fully saturated rings. The molecular formula is C16H16N2O3S. The summed E-state index contributed by atoms with van der Waals surface area (Å²) in [4.78, 5) is 25.8. The Morgan fingerprint density at radius 3 is 2.77 bits per heavy atom. The van der Waals surface area contributed by atoms with Crippen molar-refractivity contribution < 1.29 is 14.3 Å². The number of rotatable bonds is 5. The van der Waals surface area contributed by atoms with Crippen molar-refractivity contribution >= 4 is 35.2 Å². The third-order valence-corrected chi connectivity index (χ3v) is 3.34. The topological polar surface area (TPSA) is 58.6 Å². The maximum absolute atomic E-state index is 12.4. The molecule has 0 radical (unpaired) electrons. The van der Waals surface area contributed by atoms with Crippen LogP contribution in [0.5, 0.6) is 5.75 Å².